The van der Waals surface area contributed by atoms with E-state index in [1.165, 1.54) is 12.1 Å². The summed E-state index contributed by atoms with van der Waals surface area (Å²) in [5.41, 5.74) is 5.33. The lowest BCUT2D eigenvalue weighted by molar-refractivity contribution is -0.121. The molecule has 0 spiro atoms. The fourth-order valence-electron chi connectivity index (χ4n) is 2.58. The van der Waals surface area contributed by atoms with E-state index in [0.717, 1.165) is 25.7 Å². The molecular formula is C14H16ClFN2OS. The fourth-order valence-corrected chi connectivity index (χ4v) is 3.07. The molecule has 1 amide bonds. The first-order valence-electron chi connectivity index (χ1n) is 6.48. The quantitative estimate of drug-likeness (QED) is 0.840. The third-order valence-electron chi connectivity index (χ3n) is 3.71. The van der Waals surface area contributed by atoms with Crippen molar-refractivity contribution in [1.29, 1.82) is 0 Å². The predicted octanol–water partition coefficient (Wildman–Crippen LogP) is 2.74. The Bertz CT molecular complexity index is 524. The molecule has 1 fully saturated rings. The highest BCUT2D eigenvalue weighted by atomic mass is 35.5. The molecule has 0 aromatic heterocycles. The Kier molecular flexibility index (Phi) is 4.60. The maximum Gasteiger partial charge on any atom is 0.225 e. The van der Waals surface area contributed by atoms with E-state index >= 15 is 0 Å². The number of carbonyl (C=O) groups is 1. The normalized spacial score (nSPS) is 16.9. The molecule has 6 heteroatoms. The van der Waals surface area contributed by atoms with E-state index in [4.69, 9.17) is 29.6 Å². The van der Waals surface area contributed by atoms with Gasteiger partial charge in [-0.2, -0.15) is 0 Å². The summed E-state index contributed by atoms with van der Waals surface area (Å²) in [5.74, 6) is -0.796. The summed E-state index contributed by atoms with van der Waals surface area (Å²) >= 11 is 11.0. The van der Waals surface area contributed by atoms with Crippen LogP contribution in [-0.4, -0.2) is 16.4 Å². The van der Waals surface area contributed by atoms with Crippen LogP contribution in [0.3, 0.4) is 0 Å². The second kappa shape index (κ2) is 6.06. The van der Waals surface area contributed by atoms with Gasteiger partial charge in [-0.3, -0.25) is 4.79 Å². The lowest BCUT2D eigenvalue weighted by atomic mass is 9.97. The van der Waals surface area contributed by atoms with Gasteiger partial charge < -0.3 is 11.1 Å². The number of hydrogen-bond donors (Lipinski definition) is 2. The van der Waals surface area contributed by atoms with E-state index in [1.54, 1.807) is 6.07 Å². The molecule has 1 saturated carbocycles. The predicted molar refractivity (Wildman–Crippen MR) is 81.2 cm³/mol. The van der Waals surface area contributed by atoms with Gasteiger partial charge in [0.1, 0.15) is 5.82 Å². The molecule has 0 heterocycles. The molecule has 0 atom stereocenters. The first-order valence-corrected chi connectivity index (χ1v) is 7.27. The molecule has 0 unspecified atom stereocenters. The zero-order chi connectivity index (χ0) is 14.8. The van der Waals surface area contributed by atoms with Crippen molar-refractivity contribution < 1.29 is 9.18 Å². The standard InChI is InChI=1S/C14H16ClFN2OS/c15-10-4-3-5-11(16)9(10)8-12(19)18-14(13(17)20)6-1-2-7-14/h3-5H,1-2,6-8H2,(H2,17,20)(H,18,19). The summed E-state index contributed by atoms with van der Waals surface area (Å²) in [7, 11) is 0. The van der Waals surface area contributed by atoms with Crippen molar-refractivity contribution in [3.05, 3.63) is 34.6 Å². The molecule has 1 aliphatic carbocycles. The highest BCUT2D eigenvalue weighted by molar-refractivity contribution is 7.80. The molecule has 1 aromatic rings. The number of amides is 1. The highest BCUT2D eigenvalue weighted by Gasteiger charge is 2.38. The largest absolute Gasteiger partial charge is 0.391 e. The Morgan fingerprint density at radius 2 is 2.10 bits per heavy atom. The average Bonchev–Trinajstić information content (AvgIpc) is 2.84. The van der Waals surface area contributed by atoms with E-state index in [2.05, 4.69) is 5.32 Å². The summed E-state index contributed by atoms with van der Waals surface area (Å²) in [6, 6.07) is 4.35. The minimum atomic E-state index is -0.621. The van der Waals surface area contributed by atoms with Gasteiger partial charge in [0.15, 0.2) is 0 Å². The zero-order valence-electron chi connectivity index (χ0n) is 10.9. The number of carbonyl (C=O) groups excluding carboxylic acids is 1. The van der Waals surface area contributed by atoms with Crippen molar-refractivity contribution in [2.45, 2.75) is 37.6 Å². The van der Waals surface area contributed by atoms with Gasteiger partial charge in [0, 0.05) is 10.6 Å². The van der Waals surface area contributed by atoms with Gasteiger partial charge in [0.2, 0.25) is 5.91 Å². The number of halogens is 2. The number of hydrogen-bond acceptors (Lipinski definition) is 2. The summed E-state index contributed by atoms with van der Waals surface area (Å²) in [6.45, 7) is 0. The van der Waals surface area contributed by atoms with E-state index in [1.807, 2.05) is 0 Å². The molecule has 3 N–H and O–H groups in total. The summed E-state index contributed by atoms with van der Waals surface area (Å²) in [6.07, 6.45) is 3.30. The average molecular weight is 315 g/mol. The lowest BCUT2D eigenvalue weighted by Gasteiger charge is -2.29. The third-order valence-corrected chi connectivity index (χ3v) is 4.45. The number of benzene rings is 1. The van der Waals surface area contributed by atoms with Gasteiger partial charge in [0.25, 0.3) is 0 Å². The number of nitrogens with one attached hydrogen (secondary N) is 1. The van der Waals surface area contributed by atoms with Crippen molar-refractivity contribution in [2.75, 3.05) is 0 Å². The molecule has 0 aliphatic heterocycles. The zero-order valence-corrected chi connectivity index (χ0v) is 12.5. The maximum absolute atomic E-state index is 13.7. The summed E-state index contributed by atoms with van der Waals surface area (Å²) < 4.78 is 13.7. The smallest absolute Gasteiger partial charge is 0.225 e. The third kappa shape index (κ3) is 3.10. The molecule has 20 heavy (non-hydrogen) atoms. The van der Waals surface area contributed by atoms with Crippen LogP contribution in [-0.2, 0) is 11.2 Å². The van der Waals surface area contributed by atoms with E-state index in [-0.39, 0.29) is 22.9 Å². The number of thiocarbonyl (C=S) groups is 1. The highest BCUT2D eigenvalue weighted by Crippen LogP contribution is 2.30. The number of rotatable bonds is 4. The molecule has 3 nitrogen and oxygen atoms in total. The minimum absolute atomic E-state index is 0.115. The monoisotopic (exact) mass is 314 g/mol. The Labute approximate surface area is 127 Å². The molecule has 1 aromatic carbocycles. The fraction of sp³-hybridized carbons (Fsp3) is 0.429. The van der Waals surface area contributed by atoms with Crippen molar-refractivity contribution >= 4 is 34.7 Å². The van der Waals surface area contributed by atoms with Crippen LogP contribution in [0.5, 0.6) is 0 Å². The van der Waals surface area contributed by atoms with Crippen LogP contribution in [0.2, 0.25) is 5.02 Å². The van der Waals surface area contributed by atoms with Gasteiger partial charge in [0.05, 0.1) is 16.9 Å². The summed E-state index contributed by atoms with van der Waals surface area (Å²) in [4.78, 5) is 12.4. The van der Waals surface area contributed by atoms with Gasteiger partial charge >= 0.3 is 0 Å². The van der Waals surface area contributed by atoms with Crippen LogP contribution < -0.4 is 11.1 Å². The van der Waals surface area contributed by atoms with Crippen LogP contribution in [0.15, 0.2) is 18.2 Å². The van der Waals surface area contributed by atoms with Crippen LogP contribution in [0.25, 0.3) is 0 Å². The molecular weight excluding hydrogens is 299 g/mol. The Morgan fingerprint density at radius 3 is 2.65 bits per heavy atom. The molecule has 108 valence electrons. The van der Waals surface area contributed by atoms with Crippen molar-refractivity contribution in [3.8, 4) is 0 Å². The van der Waals surface area contributed by atoms with Crippen molar-refractivity contribution in [1.82, 2.24) is 5.32 Å². The van der Waals surface area contributed by atoms with E-state index in [9.17, 15) is 9.18 Å². The minimum Gasteiger partial charge on any atom is -0.391 e. The van der Waals surface area contributed by atoms with E-state index < -0.39 is 11.4 Å². The van der Waals surface area contributed by atoms with Gasteiger partial charge in [-0.15, -0.1) is 0 Å². The topological polar surface area (TPSA) is 55.1 Å². The Balaban J connectivity index is 2.11. The van der Waals surface area contributed by atoms with Crippen LogP contribution in [0.4, 0.5) is 4.39 Å². The number of nitrogens with two attached hydrogens (primary N) is 1. The second-order valence-corrected chi connectivity index (χ2v) is 5.93. The Hall–Kier alpha value is -1.20. The SMILES string of the molecule is NC(=S)C1(NC(=O)Cc2c(F)cccc2Cl)CCCC1. The van der Waals surface area contributed by atoms with Crippen LogP contribution in [0.1, 0.15) is 31.2 Å². The first-order chi connectivity index (χ1) is 9.44. The van der Waals surface area contributed by atoms with E-state index in [0.29, 0.717) is 4.99 Å². The first kappa shape index (κ1) is 15.2. The molecule has 0 radical (unpaired) electrons. The van der Waals surface area contributed by atoms with Crippen molar-refractivity contribution in [2.24, 2.45) is 5.73 Å². The lowest BCUT2D eigenvalue weighted by Crippen LogP contribution is -2.55. The van der Waals surface area contributed by atoms with Crippen molar-refractivity contribution in [3.63, 3.8) is 0 Å². The molecule has 1 aliphatic rings. The van der Waals surface area contributed by atoms with Gasteiger partial charge in [-0.1, -0.05) is 42.7 Å². The second-order valence-electron chi connectivity index (χ2n) is 5.08. The molecule has 2 rings (SSSR count). The van der Waals surface area contributed by atoms with Crippen LogP contribution in [0, 0.1) is 5.82 Å². The van der Waals surface area contributed by atoms with Crippen LogP contribution >= 0.6 is 23.8 Å². The molecule has 0 saturated heterocycles. The Morgan fingerprint density at radius 1 is 1.45 bits per heavy atom. The van der Waals surface area contributed by atoms with Gasteiger partial charge in [-0.25, -0.2) is 4.39 Å². The summed E-state index contributed by atoms with van der Waals surface area (Å²) in [5, 5.41) is 3.11. The van der Waals surface area contributed by atoms with Gasteiger partial charge in [-0.05, 0) is 25.0 Å². The molecule has 0 bridgehead atoms. The maximum atomic E-state index is 13.7.